The van der Waals surface area contributed by atoms with Crippen molar-refractivity contribution in [2.75, 3.05) is 4.90 Å². The number of nitrogens with two attached hydrogens (primary N) is 1. The van der Waals surface area contributed by atoms with Crippen molar-refractivity contribution in [3.8, 4) is 16.9 Å². The number of benzene rings is 3. The molecule has 1 aliphatic carbocycles. The van der Waals surface area contributed by atoms with Gasteiger partial charge in [-0.3, -0.25) is 0 Å². The van der Waals surface area contributed by atoms with E-state index in [1.54, 1.807) is 12.1 Å². The molecule has 1 spiro atoms. The van der Waals surface area contributed by atoms with Crippen LogP contribution >= 0.6 is 0 Å². The molecule has 1 aliphatic heterocycles. The van der Waals surface area contributed by atoms with Gasteiger partial charge < -0.3 is 15.2 Å². The van der Waals surface area contributed by atoms with Gasteiger partial charge in [0.2, 0.25) is 0 Å². The van der Waals surface area contributed by atoms with Crippen LogP contribution < -0.4 is 15.4 Å². The molecule has 0 atom stereocenters. The minimum absolute atomic E-state index is 0.0126. The van der Waals surface area contributed by atoms with Crippen LogP contribution in [-0.4, -0.2) is 17.8 Å². The van der Waals surface area contributed by atoms with Gasteiger partial charge in [0.1, 0.15) is 11.4 Å². The van der Waals surface area contributed by atoms with E-state index in [1.807, 2.05) is 42.5 Å². The fourth-order valence-electron chi connectivity index (χ4n) is 5.50. The smallest absolute Gasteiger partial charge is 0.427 e. The Kier molecular flexibility index (Phi) is 5.75. The molecule has 2 amide bonds. The molecule has 2 aliphatic rings. The van der Waals surface area contributed by atoms with E-state index >= 15 is 0 Å². The van der Waals surface area contributed by atoms with Crippen molar-refractivity contribution < 1.29 is 19.1 Å². The van der Waals surface area contributed by atoms with Gasteiger partial charge in [-0.25, -0.2) is 14.5 Å². The highest BCUT2D eigenvalue weighted by Gasteiger charge is 2.43. The number of ether oxygens (including phenoxy) is 2. The van der Waals surface area contributed by atoms with Crippen molar-refractivity contribution in [3.05, 3.63) is 76.9 Å². The third-order valence-electron chi connectivity index (χ3n) is 7.59. The number of rotatable bonds is 3. The van der Waals surface area contributed by atoms with Crippen LogP contribution in [0, 0.1) is 20.8 Å². The third kappa shape index (κ3) is 3.93. The topological polar surface area (TPSA) is 81.9 Å². The van der Waals surface area contributed by atoms with Crippen LogP contribution in [0.25, 0.3) is 11.1 Å². The molecule has 3 aromatic rings. The molecule has 0 saturated heterocycles. The molecule has 0 unspecified atom stereocenters. The SMILES string of the molecule is Cc1c(C)c(-c2ccccc2N(C(=O)OC(N)=O)c2ccccc2)c(C)c2c1OC1(CCC1)CC2. The fourth-order valence-corrected chi connectivity index (χ4v) is 5.50. The van der Waals surface area contributed by atoms with Crippen LogP contribution in [-0.2, 0) is 11.2 Å². The normalized spacial score (nSPS) is 15.5. The predicted molar refractivity (Wildman–Crippen MR) is 136 cm³/mol. The van der Waals surface area contributed by atoms with E-state index in [2.05, 4.69) is 20.8 Å². The van der Waals surface area contributed by atoms with Gasteiger partial charge in [-0.2, -0.15) is 0 Å². The Morgan fingerprint density at radius 3 is 2.26 bits per heavy atom. The zero-order valence-electron chi connectivity index (χ0n) is 20.4. The Morgan fingerprint density at radius 2 is 1.60 bits per heavy atom. The number of carbonyl (C=O) groups is 2. The van der Waals surface area contributed by atoms with Crippen LogP contribution in [0.1, 0.15) is 47.9 Å². The highest BCUT2D eigenvalue weighted by molar-refractivity contribution is 6.04. The Balaban J connectivity index is 1.68. The second-order valence-electron chi connectivity index (χ2n) is 9.57. The lowest BCUT2D eigenvalue weighted by Gasteiger charge is -2.46. The van der Waals surface area contributed by atoms with Crippen molar-refractivity contribution in [2.45, 2.75) is 58.5 Å². The lowest BCUT2D eigenvalue weighted by atomic mass is 9.73. The van der Waals surface area contributed by atoms with Crippen LogP contribution in [0.5, 0.6) is 5.75 Å². The van der Waals surface area contributed by atoms with Gasteiger partial charge in [0.15, 0.2) is 0 Å². The molecule has 0 aromatic heterocycles. The van der Waals surface area contributed by atoms with Crippen LogP contribution in [0.2, 0.25) is 0 Å². The minimum Gasteiger partial charge on any atom is -0.487 e. The molecule has 1 saturated carbocycles. The predicted octanol–water partition coefficient (Wildman–Crippen LogP) is 6.88. The van der Waals surface area contributed by atoms with E-state index in [1.165, 1.54) is 16.9 Å². The monoisotopic (exact) mass is 470 g/mol. The molecule has 3 aromatic carbocycles. The second-order valence-corrected chi connectivity index (χ2v) is 9.57. The summed E-state index contributed by atoms with van der Waals surface area (Å²) in [5.41, 5.74) is 13.0. The quantitative estimate of drug-likeness (QED) is 0.423. The summed E-state index contributed by atoms with van der Waals surface area (Å²) in [6.45, 7) is 6.36. The number of hydrogen-bond donors (Lipinski definition) is 1. The largest absolute Gasteiger partial charge is 0.487 e. The maximum absolute atomic E-state index is 13.1. The van der Waals surface area contributed by atoms with Crippen molar-refractivity contribution in [1.82, 2.24) is 0 Å². The molecule has 35 heavy (non-hydrogen) atoms. The number of nitrogens with zero attached hydrogens (tertiary/aromatic N) is 1. The average molecular weight is 471 g/mol. The maximum atomic E-state index is 13.1. The van der Waals surface area contributed by atoms with E-state index in [-0.39, 0.29) is 5.60 Å². The minimum atomic E-state index is -1.15. The molecule has 6 heteroatoms. The number of amides is 2. The lowest BCUT2D eigenvalue weighted by molar-refractivity contribution is -0.0256. The van der Waals surface area contributed by atoms with Crippen LogP contribution in [0.15, 0.2) is 54.6 Å². The van der Waals surface area contributed by atoms with Gasteiger partial charge in [0.05, 0.1) is 11.4 Å². The molecule has 5 rings (SSSR count). The molecule has 0 bridgehead atoms. The molecular formula is C29H30N2O4. The Hall–Kier alpha value is -3.80. The fraction of sp³-hybridized carbons (Fsp3) is 0.310. The first-order valence-electron chi connectivity index (χ1n) is 12.1. The van der Waals surface area contributed by atoms with Gasteiger partial charge in [-0.1, -0.05) is 36.4 Å². The Labute approximate surface area is 205 Å². The zero-order chi connectivity index (χ0) is 24.7. The van der Waals surface area contributed by atoms with E-state index in [0.29, 0.717) is 11.4 Å². The van der Waals surface area contributed by atoms with E-state index in [9.17, 15) is 9.59 Å². The average Bonchev–Trinajstić information content (AvgIpc) is 2.83. The first-order chi connectivity index (χ1) is 16.8. The highest BCUT2D eigenvalue weighted by Crippen LogP contribution is 2.50. The summed E-state index contributed by atoms with van der Waals surface area (Å²) >= 11 is 0. The summed E-state index contributed by atoms with van der Waals surface area (Å²) in [6, 6.07) is 16.8. The van der Waals surface area contributed by atoms with Crippen molar-refractivity contribution in [2.24, 2.45) is 5.73 Å². The highest BCUT2D eigenvalue weighted by atomic mass is 16.6. The number of hydrogen-bond acceptors (Lipinski definition) is 4. The van der Waals surface area contributed by atoms with Crippen LogP contribution in [0.4, 0.5) is 21.0 Å². The van der Waals surface area contributed by atoms with Gasteiger partial charge in [-0.15, -0.1) is 0 Å². The van der Waals surface area contributed by atoms with Gasteiger partial charge in [0.25, 0.3) is 0 Å². The van der Waals surface area contributed by atoms with Crippen LogP contribution in [0.3, 0.4) is 0 Å². The Bertz CT molecular complexity index is 1310. The van der Waals surface area contributed by atoms with E-state index in [0.717, 1.165) is 59.3 Å². The zero-order valence-corrected chi connectivity index (χ0v) is 20.4. The number of primary amides is 1. The van der Waals surface area contributed by atoms with Gasteiger partial charge in [-0.05, 0) is 98.9 Å². The summed E-state index contributed by atoms with van der Waals surface area (Å²) in [4.78, 5) is 26.0. The lowest BCUT2D eigenvalue weighted by Crippen LogP contribution is -2.46. The van der Waals surface area contributed by atoms with Crippen molar-refractivity contribution >= 4 is 23.6 Å². The number of carbonyl (C=O) groups excluding carboxylic acids is 2. The van der Waals surface area contributed by atoms with E-state index < -0.39 is 12.2 Å². The first kappa shape index (κ1) is 23.0. The first-order valence-corrected chi connectivity index (χ1v) is 12.1. The molecular weight excluding hydrogens is 440 g/mol. The van der Waals surface area contributed by atoms with Gasteiger partial charge in [0, 0.05) is 5.56 Å². The molecule has 180 valence electrons. The third-order valence-corrected chi connectivity index (χ3v) is 7.59. The number of fused-ring (bicyclic) bond motifs is 1. The van der Waals surface area contributed by atoms with E-state index in [4.69, 9.17) is 15.2 Å². The maximum Gasteiger partial charge on any atom is 0.427 e. The molecule has 2 N–H and O–H groups in total. The summed E-state index contributed by atoms with van der Waals surface area (Å²) in [5.74, 6) is 1.03. The molecule has 1 fully saturated rings. The molecule has 0 radical (unpaired) electrons. The van der Waals surface area contributed by atoms with Crippen molar-refractivity contribution in [3.63, 3.8) is 0 Å². The summed E-state index contributed by atoms with van der Waals surface area (Å²) < 4.78 is 11.5. The molecule has 6 nitrogen and oxygen atoms in total. The Morgan fingerprint density at radius 1 is 0.914 bits per heavy atom. The summed E-state index contributed by atoms with van der Waals surface area (Å²) in [5, 5.41) is 0. The second kappa shape index (κ2) is 8.77. The summed E-state index contributed by atoms with van der Waals surface area (Å²) in [6.07, 6.45) is 3.50. The van der Waals surface area contributed by atoms with Gasteiger partial charge >= 0.3 is 12.2 Å². The molecule has 1 heterocycles. The van der Waals surface area contributed by atoms with Crippen molar-refractivity contribution in [1.29, 1.82) is 0 Å². The standard InChI is InChI=1S/C29H30N2O4/c1-18-19(2)26-22(14-17-29(35-26)15-9-16-29)20(3)25(18)23-12-7-8-13-24(23)31(28(33)34-27(30)32)21-10-5-4-6-11-21/h4-8,10-13H,9,14-17H2,1-3H3,(H2,30,32). The number of para-hydroxylation sites is 2. The summed E-state index contributed by atoms with van der Waals surface area (Å²) in [7, 11) is 0. The number of anilines is 2.